The van der Waals surface area contributed by atoms with Crippen LogP contribution in [0.3, 0.4) is 0 Å². The molecule has 1 heterocycles. The van der Waals surface area contributed by atoms with Crippen molar-refractivity contribution in [3.05, 3.63) is 71.4 Å². The molecule has 0 bridgehead atoms. The van der Waals surface area contributed by atoms with Gasteiger partial charge in [-0.05, 0) is 29.2 Å². The number of amides is 1. The van der Waals surface area contributed by atoms with Crippen LogP contribution in [0.25, 0.3) is 10.9 Å². The summed E-state index contributed by atoms with van der Waals surface area (Å²) < 4.78 is 0. The minimum Gasteiger partial charge on any atom is -0.392 e. The predicted molar refractivity (Wildman–Crippen MR) is 91.1 cm³/mol. The molecule has 0 saturated heterocycles. The standard InChI is InChI=1S/C19H20N2O2/c22-13-16-6-2-1-5-14(16)11-19(23)20-10-9-15-12-21-18-8-4-3-7-17(15)18/h1-8,12,21-22H,9-11,13H2,(H,20,23). The lowest BCUT2D eigenvalue weighted by atomic mass is 10.0. The van der Waals surface area contributed by atoms with E-state index in [1.807, 2.05) is 48.7 Å². The van der Waals surface area contributed by atoms with E-state index < -0.39 is 0 Å². The molecule has 0 radical (unpaired) electrons. The van der Waals surface area contributed by atoms with Gasteiger partial charge in [0.2, 0.25) is 5.91 Å². The SMILES string of the molecule is O=C(Cc1ccccc1CO)NCCc1c[nH]c2ccccc12. The van der Waals surface area contributed by atoms with Crippen LogP contribution < -0.4 is 5.32 Å². The number of benzene rings is 2. The second-order valence-corrected chi connectivity index (χ2v) is 5.56. The molecule has 3 aromatic rings. The first-order valence-electron chi connectivity index (χ1n) is 7.77. The zero-order valence-electron chi connectivity index (χ0n) is 12.9. The summed E-state index contributed by atoms with van der Waals surface area (Å²) in [5, 5.41) is 13.5. The number of fused-ring (bicyclic) bond motifs is 1. The minimum atomic E-state index is -0.0429. The maximum atomic E-state index is 12.1. The van der Waals surface area contributed by atoms with Gasteiger partial charge >= 0.3 is 0 Å². The van der Waals surface area contributed by atoms with Crippen LogP contribution in [0.2, 0.25) is 0 Å². The van der Waals surface area contributed by atoms with Gasteiger partial charge in [-0.3, -0.25) is 4.79 Å². The van der Waals surface area contributed by atoms with E-state index in [4.69, 9.17) is 0 Å². The number of para-hydroxylation sites is 1. The van der Waals surface area contributed by atoms with Crippen molar-refractivity contribution in [3.63, 3.8) is 0 Å². The highest BCUT2D eigenvalue weighted by atomic mass is 16.3. The summed E-state index contributed by atoms with van der Waals surface area (Å²) in [5.74, 6) is -0.0225. The lowest BCUT2D eigenvalue weighted by Crippen LogP contribution is -2.27. The smallest absolute Gasteiger partial charge is 0.224 e. The molecule has 2 aromatic carbocycles. The van der Waals surface area contributed by atoms with E-state index in [1.165, 1.54) is 10.9 Å². The van der Waals surface area contributed by atoms with Gasteiger partial charge in [0.15, 0.2) is 0 Å². The molecule has 1 amide bonds. The van der Waals surface area contributed by atoms with Crippen molar-refractivity contribution >= 4 is 16.8 Å². The van der Waals surface area contributed by atoms with Crippen molar-refractivity contribution in [1.29, 1.82) is 0 Å². The second kappa shape index (κ2) is 7.11. The topological polar surface area (TPSA) is 65.1 Å². The Bertz CT molecular complexity index is 808. The number of carbonyl (C=O) groups excluding carboxylic acids is 1. The quantitative estimate of drug-likeness (QED) is 0.655. The zero-order chi connectivity index (χ0) is 16.1. The molecule has 0 fully saturated rings. The van der Waals surface area contributed by atoms with E-state index >= 15 is 0 Å². The van der Waals surface area contributed by atoms with Crippen LogP contribution in [-0.2, 0) is 24.2 Å². The van der Waals surface area contributed by atoms with E-state index in [2.05, 4.69) is 16.4 Å². The van der Waals surface area contributed by atoms with Gasteiger partial charge in [-0.1, -0.05) is 42.5 Å². The minimum absolute atomic E-state index is 0.0225. The van der Waals surface area contributed by atoms with Gasteiger partial charge in [0, 0.05) is 23.6 Å². The monoisotopic (exact) mass is 308 g/mol. The molecular formula is C19H20N2O2. The van der Waals surface area contributed by atoms with E-state index in [1.54, 1.807) is 0 Å². The molecule has 0 atom stereocenters. The summed E-state index contributed by atoms with van der Waals surface area (Å²) in [6, 6.07) is 15.6. The summed E-state index contributed by atoms with van der Waals surface area (Å²) in [6.45, 7) is 0.556. The third-order valence-corrected chi connectivity index (χ3v) is 4.03. The van der Waals surface area contributed by atoms with Crippen molar-refractivity contribution in [3.8, 4) is 0 Å². The van der Waals surface area contributed by atoms with Crippen molar-refractivity contribution in [2.75, 3.05) is 6.54 Å². The molecule has 0 aliphatic heterocycles. The van der Waals surface area contributed by atoms with Crippen molar-refractivity contribution in [2.45, 2.75) is 19.4 Å². The number of hydrogen-bond donors (Lipinski definition) is 3. The van der Waals surface area contributed by atoms with Crippen molar-refractivity contribution < 1.29 is 9.90 Å². The number of aromatic amines is 1. The maximum absolute atomic E-state index is 12.1. The Kier molecular flexibility index (Phi) is 4.74. The lowest BCUT2D eigenvalue weighted by molar-refractivity contribution is -0.120. The average Bonchev–Trinajstić information content (AvgIpc) is 2.99. The van der Waals surface area contributed by atoms with Crippen molar-refractivity contribution in [2.24, 2.45) is 0 Å². The van der Waals surface area contributed by atoms with Gasteiger partial charge in [-0.2, -0.15) is 0 Å². The van der Waals surface area contributed by atoms with Gasteiger partial charge in [-0.15, -0.1) is 0 Å². The Balaban J connectivity index is 1.55. The van der Waals surface area contributed by atoms with Crippen LogP contribution in [0.1, 0.15) is 16.7 Å². The number of aliphatic hydroxyl groups is 1. The fraction of sp³-hybridized carbons (Fsp3) is 0.211. The molecule has 0 spiro atoms. The molecule has 4 heteroatoms. The lowest BCUT2D eigenvalue weighted by Gasteiger charge is -2.08. The van der Waals surface area contributed by atoms with Gasteiger partial charge < -0.3 is 15.4 Å². The molecule has 1 aromatic heterocycles. The van der Waals surface area contributed by atoms with Crippen LogP contribution in [0, 0.1) is 0 Å². The van der Waals surface area contributed by atoms with Gasteiger partial charge in [0.1, 0.15) is 0 Å². The fourth-order valence-electron chi connectivity index (χ4n) is 2.79. The third kappa shape index (κ3) is 3.60. The number of H-pyrrole nitrogens is 1. The molecule has 118 valence electrons. The van der Waals surface area contributed by atoms with Crippen LogP contribution in [-0.4, -0.2) is 22.5 Å². The number of aliphatic hydroxyl groups excluding tert-OH is 1. The summed E-state index contributed by atoms with van der Waals surface area (Å²) in [4.78, 5) is 15.3. The van der Waals surface area contributed by atoms with Crippen molar-refractivity contribution in [1.82, 2.24) is 10.3 Å². The molecule has 0 unspecified atom stereocenters. The third-order valence-electron chi connectivity index (χ3n) is 4.03. The molecule has 0 aliphatic carbocycles. The number of carbonyl (C=O) groups is 1. The highest BCUT2D eigenvalue weighted by Crippen LogP contribution is 2.17. The Hall–Kier alpha value is -2.59. The van der Waals surface area contributed by atoms with Gasteiger partial charge in [0.25, 0.3) is 0 Å². The summed E-state index contributed by atoms with van der Waals surface area (Å²) in [7, 11) is 0. The number of aromatic nitrogens is 1. The van der Waals surface area contributed by atoms with E-state index in [0.717, 1.165) is 23.1 Å². The summed E-state index contributed by atoms with van der Waals surface area (Å²) >= 11 is 0. The largest absolute Gasteiger partial charge is 0.392 e. The number of hydrogen-bond acceptors (Lipinski definition) is 2. The maximum Gasteiger partial charge on any atom is 0.224 e. The molecule has 3 N–H and O–H groups in total. The van der Waals surface area contributed by atoms with Crippen LogP contribution >= 0.6 is 0 Å². The molecule has 0 saturated carbocycles. The Morgan fingerprint density at radius 3 is 2.57 bits per heavy atom. The molecule has 0 aliphatic rings. The predicted octanol–water partition coefficient (Wildman–Crippen LogP) is 2.56. The van der Waals surface area contributed by atoms with Crippen LogP contribution in [0.15, 0.2) is 54.7 Å². The second-order valence-electron chi connectivity index (χ2n) is 5.56. The molecule has 23 heavy (non-hydrogen) atoms. The fourth-order valence-corrected chi connectivity index (χ4v) is 2.79. The van der Waals surface area contributed by atoms with E-state index in [0.29, 0.717) is 13.0 Å². The first-order chi connectivity index (χ1) is 11.3. The first-order valence-corrected chi connectivity index (χ1v) is 7.77. The highest BCUT2D eigenvalue weighted by Gasteiger charge is 2.08. The summed E-state index contributed by atoms with van der Waals surface area (Å²) in [6.07, 6.45) is 3.08. The Labute approximate surface area is 135 Å². The van der Waals surface area contributed by atoms with Crippen LogP contribution in [0.4, 0.5) is 0 Å². The van der Waals surface area contributed by atoms with E-state index in [-0.39, 0.29) is 12.5 Å². The summed E-state index contributed by atoms with van der Waals surface area (Å²) in [5.41, 5.74) is 4.00. The molecule has 4 nitrogen and oxygen atoms in total. The Morgan fingerprint density at radius 1 is 1.00 bits per heavy atom. The zero-order valence-corrected chi connectivity index (χ0v) is 12.9. The Morgan fingerprint density at radius 2 is 1.74 bits per heavy atom. The van der Waals surface area contributed by atoms with Gasteiger partial charge in [0.05, 0.1) is 13.0 Å². The molecular weight excluding hydrogens is 288 g/mol. The number of rotatable bonds is 6. The van der Waals surface area contributed by atoms with Gasteiger partial charge in [-0.25, -0.2) is 0 Å². The first kappa shape index (κ1) is 15.3. The van der Waals surface area contributed by atoms with E-state index in [9.17, 15) is 9.90 Å². The normalized spacial score (nSPS) is 10.8. The number of nitrogens with one attached hydrogen (secondary N) is 2. The average molecular weight is 308 g/mol. The highest BCUT2D eigenvalue weighted by molar-refractivity contribution is 5.83. The van der Waals surface area contributed by atoms with Crippen LogP contribution in [0.5, 0.6) is 0 Å². The molecule has 3 rings (SSSR count).